The Bertz CT molecular complexity index is 2030. The van der Waals surface area contributed by atoms with Crippen LogP contribution in [0.3, 0.4) is 0 Å². The van der Waals surface area contributed by atoms with Gasteiger partial charge in [-0.1, -0.05) is 45.0 Å². The van der Waals surface area contributed by atoms with E-state index in [1.165, 1.54) is 12.5 Å². The molecule has 4 N–H and O–H groups in total. The van der Waals surface area contributed by atoms with Crippen LogP contribution in [0.4, 0.5) is 45.9 Å². The number of benzene rings is 2. The van der Waals surface area contributed by atoms with Gasteiger partial charge in [-0.3, -0.25) is 19.8 Å². The van der Waals surface area contributed by atoms with E-state index < -0.39 is 17.9 Å². The standard InChI is InChI=1S/C23H29FN6O2.C20H25FN4O.C2H6/c1-16-7-8-19(13-25-16)26-22(31)27-20-6-3-5-18(21(20)24)15-28-11-12-30(17(2)14-28)23(32)29-9-4-10-29;1-14-5-4-10-25(12-14)13-16-6-3-7-18(19(16)21)24-20(26)23-17-9-8-15(2)22-11-17;1-2/h3,5-8,13,17H,4,9-12,14-15H2,1-2H3,(H2,26,27,31);3,6-9,11,14H,4-5,10,12-13H2,1-2H3,(H2,23,24,26);1-2H3/t17-;14-;/m10./s1. The van der Waals surface area contributed by atoms with E-state index >= 15 is 4.39 Å². The van der Waals surface area contributed by atoms with E-state index in [2.05, 4.69) is 48.0 Å². The Morgan fingerprint density at radius 2 is 1.17 bits per heavy atom. The number of piperidine rings is 1. The van der Waals surface area contributed by atoms with Gasteiger partial charge in [0.05, 0.1) is 35.1 Å². The average molecular weight is 827 g/mol. The Morgan fingerprint density at radius 3 is 1.60 bits per heavy atom. The number of likely N-dealkylation sites (tertiary alicyclic amines) is 2. The molecule has 3 fully saturated rings. The van der Waals surface area contributed by atoms with Crippen molar-refractivity contribution in [3.05, 3.63) is 107 Å². The van der Waals surface area contributed by atoms with Gasteiger partial charge in [-0.2, -0.15) is 0 Å². The minimum Gasteiger partial charge on any atom is -0.325 e. The van der Waals surface area contributed by atoms with Crippen molar-refractivity contribution in [2.24, 2.45) is 5.92 Å². The zero-order chi connectivity index (χ0) is 43.2. The summed E-state index contributed by atoms with van der Waals surface area (Å²) in [6.07, 6.45) is 6.57. The number of aryl methyl sites for hydroxylation is 2. The van der Waals surface area contributed by atoms with Gasteiger partial charge < -0.3 is 31.1 Å². The summed E-state index contributed by atoms with van der Waals surface area (Å²) in [6, 6.07) is 16.4. The predicted molar refractivity (Wildman–Crippen MR) is 234 cm³/mol. The summed E-state index contributed by atoms with van der Waals surface area (Å²) in [5.41, 5.74) is 4.22. The number of hydrogen-bond donors (Lipinski definition) is 4. The van der Waals surface area contributed by atoms with Crippen molar-refractivity contribution in [3.63, 3.8) is 0 Å². The first kappa shape index (κ1) is 45.4. The maximum Gasteiger partial charge on any atom is 0.323 e. The van der Waals surface area contributed by atoms with E-state index in [9.17, 15) is 18.8 Å². The number of anilines is 4. The van der Waals surface area contributed by atoms with Crippen LogP contribution in [-0.4, -0.2) is 99.5 Å². The van der Waals surface area contributed by atoms with Gasteiger partial charge in [0.25, 0.3) is 0 Å². The number of piperazine rings is 1. The number of nitrogens with one attached hydrogen (secondary N) is 4. The fraction of sp³-hybridized carbons (Fsp3) is 0.444. The lowest BCUT2D eigenvalue weighted by molar-refractivity contribution is 0.0658. The summed E-state index contributed by atoms with van der Waals surface area (Å²) in [6.45, 7) is 18.6. The highest BCUT2D eigenvalue weighted by Gasteiger charge is 2.32. The molecule has 0 unspecified atom stereocenters. The number of amides is 6. The smallest absolute Gasteiger partial charge is 0.323 e. The van der Waals surface area contributed by atoms with Crippen molar-refractivity contribution in [3.8, 4) is 0 Å². The van der Waals surface area contributed by atoms with E-state index in [4.69, 9.17) is 0 Å². The first-order valence-electron chi connectivity index (χ1n) is 21.0. The number of carbonyl (C=O) groups is 3. The number of rotatable bonds is 8. The van der Waals surface area contributed by atoms with E-state index in [0.29, 0.717) is 61.1 Å². The van der Waals surface area contributed by atoms with Gasteiger partial charge in [0.1, 0.15) is 0 Å². The topological polar surface area (TPSA) is 138 Å². The zero-order valence-electron chi connectivity index (χ0n) is 35.7. The molecule has 3 aliphatic rings. The van der Waals surface area contributed by atoms with Gasteiger partial charge in [0.2, 0.25) is 0 Å². The Balaban J connectivity index is 0.000000223. The molecule has 15 heteroatoms. The highest BCUT2D eigenvalue weighted by Crippen LogP contribution is 2.25. The first-order chi connectivity index (χ1) is 28.9. The van der Waals surface area contributed by atoms with Gasteiger partial charge in [-0.05, 0) is 88.9 Å². The van der Waals surface area contributed by atoms with Gasteiger partial charge >= 0.3 is 18.1 Å². The summed E-state index contributed by atoms with van der Waals surface area (Å²) >= 11 is 0. The molecule has 0 aliphatic carbocycles. The summed E-state index contributed by atoms with van der Waals surface area (Å²) < 4.78 is 29.9. The van der Waals surface area contributed by atoms with Crippen molar-refractivity contribution in [1.29, 1.82) is 0 Å². The maximum atomic E-state index is 15.1. The van der Waals surface area contributed by atoms with Crippen LogP contribution in [0.1, 0.15) is 69.5 Å². The van der Waals surface area contributed by atoms with Gasteiger partial charge in [0.15, 0.2) is 11.6 Å². The van der Waals surface area contributed by atoms with Crippen molar-refractivity contribution in [1.82, 2.24) is 29.6 Å². The van der Waals surface area contributed by atoms with E-state index in [-0.39, 0.29) is 29.3 Å². The first-order valence-corrected chi connectivity index (χ1v) is 21.0. The summed E-state index contributed by atoms with van der Waals surface area (Å²) in [4.78, 5) is 53.4. The molecule has 6 amide bonds. The van der Waals surface area contributed by atoms with Crippen molar-refractivity contribution in [2.75, 3.05) is 67.1 Å². The molecule has 0 radical (unpaired) electrons. The SMILES string of the molecule is CC.Cc1ccc(NC(=O)Nc2cccc(CN3CCC[C@H](C)C3)c2F)cn1.Cc1ccc(NC(=O)Nc2cccc(CN3CCN(C(=O)N4CCC4)[C@H](C)C3)c2F)cn1. The van der Waals surface area contributed by atoms with Crippen LogP contribution in [0.25, 0.3) is 0 Å². The van der Waals surface area contributed by atoms with E-state index in [1.54, 1.807) is 67.0 Å². The lowest BCUT2D eigenvalue weighted by Gasteiger charge is -2.44. The van der Waals surface area contributed by atoms with Gasteiger partial charge in [-0.15, -0.1) is 0 Å². The minimum absolute atomic E-state index is 0.0649. The molecule has 0 spiro atoms. The van der Waals surface area contributed by atoms with Crippen LogP contribution in [0.15, 0.2) is 73.1 Å². The molecular formula is C45H60F2N10O3. The fourth-order valence-corrected chi connectivity index (χ4v) is 7.31. The van der Waals surface area contributed by atoms with Crippen LogP contribution >= 0.6 is 0 Å². The molecule has 3 saturated heterocycles. The number of carbonyl (C=O) groups excluding carboxylic acids is 3. The third kappa shape index (κ3) is 12.9. The molecule has 2 aromatic heterocycles. The van der Waals surface area contributed by atoms with Crippen LogP contribution in [0.5, 0.6) is 0 Å². The second-order valence-electron chi connectivity index (χ2n) is 15.5. The molecule has 3 aliphatic heterocycles. The lowest BCUT2D eigenvalue weighted by Crippen LogP contribution is -2.59. The van der Waals surface area contributed by atoms with Gasteiger partial charge in [-0.25, -0.2) is 23.2 Å². The quantitative estimate of drug-likeness (QED) is 0.139. The monoisotopic (exact) mass is 826 g/mol. The molecular weight excluding hydrogens is 767 g/mol. The Labute approximate surface area is 352 Å². The number of halogens is 2. The Kier molecular flexibility index (Phi) is 16.7. The molecule has 7 rings (SSSR count). The van der Waals surface area contributed by atoms with Crippen LogP contribution in [0, 0.1) is 31.4 Å². The third-order valence-electron chi connectivity index (χ3n) is 10.6. The second-order valence-corrected chi connectivity index (χ2v) is 15.5. The van der Waals surface area contributed by atoms with Crippen molar-refractivity contribution < 1.29 is 23.2 Å². The average Bonchev–Trinajstić information content (AvgIpc) is 3.20. The Hall–Kier alpha value is -5.67. The molecule has 13 nitrogen and oxygen atoms in total. The van der Waals surface area contributed by atoms with Crippen LogP contribution < -0.4 is 21.3 Å². The fourth-order valence-electron chi connectivity index (χ4n) is 7.31. The predicted octanol–water partition coefficient (Wildman–Crippen LogP) is 8.94. The minimum atomic E-state index is -0.529. The number of hydrogen-bond acceptors (Lipinski definition) is 7. The zero-order valence-corrected chi connectivity index (χ0v) is 35.7. The molecule has 4 aromatic rings. The number of aromatic nitrogens is 2. The molecule has 5 heterocycles. The number of nitrogens with zero attached hydrogens (tertiary/aromatic N) is 6. The van der Waals surface area contributed by atoms with Crippen molar-refractivity contribution in [2.45, 2.75) is 79.9 Å². The maximum absolute atomic E-state index is 15.1. The summed E-state index contributed by atoms with van der Waals surface area (Å²) in [7, 11) is 0. The largest absolute Gasteiger partial charge is 0.325 e. The molecule has 0 saturated carbocycles. The van der Waals surface area contributed by atoms with Gasteiger partial charge in [0, 0.05) is 80.9 Å². The highest BCUT2D eigenvalue weighted by atomic mass is 19.1. The second kappa shape index (κ2) is 22.1. The molecule has 2 aromatic carbocycles. The van der Waals surface area contributed by atoms with Crippen molar-refractivity contribution >= 4 is 40.8 Å². The Morgan fingerprint density at radius 1 is 0.650 bits per heavy atom. The summed E-state index contributed by atoms with van der Waals surface area (Å²) in [5, 5.41) is 10.5. The normalized spacial score (nSPS) is 17.8. The lowest BCUT2D eigenvalue weighted by atomic mass is 9.99. The van der Waals surface area contributed by atoms with Crippen LogP contribution in [0.2, 0.25) is 0 Å². The molecule has 2 atom stereocenters. The number of urea groups is 3. The molecule has 0 bridgehead atoms. The third-order valence-corrected chi connectivity index (χ3v) is 10.6. The molecule has 322 valence electrons. The highest BCUT2D eigenvalue weighted by molar-refractivity contribution is 6.00. The van der Waals surface area contributed by atoms with E-state index in [0.717, 1.165) is 50.4 Å². The van der Waals surface area contributed by atoms with Crippen LogP contribution in [-0.2, 0) is 13.1 Å². The molecule has 60 heavy (non-hydrogen) atoms. The van der Waals surface area contributed by atoms with E-state index in [1.807, 2.05) is 44.4 Å². The summed E-state index contributed by atoms with van der Waals surface area (Å²) in [5.74, 6) is -0.179. The number of pyridine rings is 2.